The number of rotatable bonds is 8. The number of carbonyl (C=O) groups is 6. The molecule has 0 radical (unpaired) electrons. The summed E-state index contributed by atoms with van der Waals surface area (Å²) in [6.45, 7) is 1.77. The minimum absolute atomic E-state index is 0.0329. The Balaban J connectivity index is 1.56. The first-order valence-electron chi connectivity index (χ1n) is 17.1. The lowest BCUT2D eigenvalue weighted by atomic mass is 9.95. The number of carbonyl (C=O) groups excluding carboxylic acids is 6. The molecule has 51 heavy (non-hydrogen) atoms. The molecule has 0 saturated carbocycles. The number of benzene rings is 2. The van der Waals surface area contributed by atoms with Gasteiger partial charge in [0.2, 0.25) is 35.4 Å². The van der Waals surface area contributed by atoms with Gasteiger partial charge in [0.1, 0.15) is 12.1 Å². The maximum Gasteiger partial charge on any atom is 0.246 e. The van der Waals surface area contributed by atoms with Gasteiger partial charge in [-0.2, -0.15) is 0 Å². The quantitative estimate of drug-likeness (QED) is 0.206. The zero-order valence-corrected chi connectivity index (χ0v) is 29.2. The van der Waals surface area contributed by atoms with Gasteiger partial charge >= 0.3 is 0 Å². The van der Waals surface area contributed by atoms with Crippen LogP contribution in [0.15, 0.2) is 60.7 Å². The number of nitrogens with one attached hydrogen (secondary N) is 5. The number of fused-ring (bicyclic) bond motifs is 3. The Morgan fingerprint density at radius 2 is 1.69 bits per heavy atom. The SMILES string of the molecule is NCCOCCNC(=O)[C@@H]1CCNC(=O)/C=C/C(=O)N2CCC[C@H](C2)C(=O)N[C@@H](Cc2ccc(Cl)cc2)C(=O)NCc2ccccc2CC(=O)N1. The molecule has 0 spiro atoms. The van der Waals surface area contributed by atoms with E-state index in [4.69, 9.17) is 22.1 Å². The van der Waals surface area contributed by atoms with Gasteiger partial charge in [0, 0.05) is 62.9 Å². The number of hydrogen-bond donors (Lipinski definition) is 6. The predicted molar refractivity (Wildman–Crippen MR) is 190 cm³/mol. The molecule has 2 bridgehead atoms. The first-order chi connectivity index (χ1) is 24.6. The van der Waals surface area contributed by atoms with Crippen molar-refractivity contribution in [3.63, 3.8) is 0 Å². The van der Waals surface area contributed by atoms with E-state index >= 15 is 0 Å². The van der Waals surface area contributed by atoms with Crippen LogP contribution in [0.3, 0.4) is 0 Å². The second-order valence-electron chi connectivity index (χ2n) is 12.4. The Morgan fingerprint density at radius 1 is 0.922 bits per heavy atom. The van der Waals surface area contributed by atoms with Gasteiger partial charge in [-0.05, 0) is 48.1 Å². The molecule has 0 unspecified atom stereocenters. The molecular weight excluding hydrogens is 678 g/mol. The molecule has 2 aliphatic rings. The summed E-state index contributed by atoms with van der Waals surface area (Å²) in [6.07, 6.45) is 3.52. The Bertz CT molecular complexity index is 1570. The van der Waals surface area contributed by atoms with Crippen molar-refractivity contribution in [1.29, 1.82) is 0 Å². The van der Waals surface area contributed by atoms with E-state index in [0.717, 1.165) is 17.7 Å². The fraction of sp³-hybridized carbons (Fsp3) is 0.444. The summed E-state index contributed by atoms with van der Waals surface area (Å²) < 4.78 is 5.31. The number of halogens is 1. The van der Waals surface area contributed by atoms with Crippen molar-refractivity contribution < 1.29 is 33.5 Å². The van der Waals surface area contributed by atoms with Gasteiger partial charge in [-0.1, -0.05) is 48.0 Å². The first kappa shape index (κ1) is 39.0. The Labute approximate surface area is 302 Å². The molecule has 14 nitrogen and oxygen atoms in total. The lowest BCUT2D eigenvalue weighted by Gasteiger charge is -2.32. The number of piperidine rings is 1. The zero-order valence-electron chi connectivity index (χ0n) is 28.5. The predicted octanol–water partition coefficient (Wildman–Crippen LogP) is 0.117. The monoisotopic (exact) mass is 723 g/mol. The molecule has 6 amide bonds. The van der Waals surface area contributed by atoms with Crippen LogP contribution in [0.25, 0.3) is 0 Å². The molecular formula is C36H46ClN7O7. The molecule has 3 atom stereocenters. The molecule has 2 aromatic carbocycles. The number of ether oxygens (including phenoxy) is 1. The highest BCUT2D eigenvalue weighted by molar-refractivity contribution is 6.30. The van der Waals surface area contributed by atoms with Gasteiger partial charge in [-0.3, -0.25) is 28.8 Å². The van der Waals surface area contributed by atoms with Crippen LogP contribution < -0.4 is 32.3 Å². The highest BCUT2D eigenvalue weighted by atomic mass is 35.5. The molecule has 1 fully saturated rings. The number of nitrogens with two attached hydrogens (primary N) is 1. The van der Waals surface area contributed by atoms with Crippen molar-refractivity contribution in [2.24, 2.45) is 11.7 Å². The Hall–Kier alpha value is -4.79. The van der Waals surface area contributed by atoms with Crippen LogP contribution in [0, 0.1) is 5.92 Å². The summed E-state index contributed by atoms with van der Waals surface area (Å²) in [5.41, 5.74) is 7.53. The fourth-order valence-corrected chi connectivity index (χ4v) is 5.97. The van der Waals surface area contributed by atoms with E-state index in [1.165, 1.54) is 4.90 Å². The Kier molecular flexibility index (Phi) is 15.4. The summed E-state index contributed by atoms with van der Waals surface area (Å²) in [4.78, 5) is 80.6. The third kappa shape index (κ3) is 12.8. The second kappa shape index (κ2) is 20.2. The fourth-order valence-electron chi connectivity index (χ4n) is 5.85. The molecule has 0 aliphatic carbocycles. The van der Waals surface area contributed by atoms with Crippen molar-refractivity contribution >= 4 is 47.0 Å². The van der Waals surface area contributed by atoms with Gasteiger partial charge in [0.15, 0.2) is 0 Å². The van der Waals surface area contributed by atoms with E-state index in [1.54, 1.807) is 48.5 Å². The molecule has 2 heterocycles. The largest absolute Gasteiger partial charge is 0.378 e. The average molecular weight is 724 g/mol. The summed E-state index contributed by atoms with van der Waals surface area (Å²) in [7, 11) is 0. The third-order valence-corrected chi connectivity index (χ3v) is 8.83. The van der Waals surface area contributed by atoms with Crippen molar-refractivity contribution in [2.75, 3.05) is 45.9 Å². The van der Waals surface area contributed by atoms with Crippen LogP contribution in [-0.2, 0) is 52.9 Å². The zero-order chi connectivity index (χ0) is 36.6. The molecule has 1 saturated heterocycles. The van der Waals surface area contributed by atoms with Crippen molar-refractivity contribution in [3.05, 3.63) is 82.4 Å². The van der Waals surface area contributed by atoms with Gasteiger partial charge < -0.3 is 42.0 Å². The highest BCUT2D eigenvalue weighted by Crippen LogP contribution is 2.19. The van der Waals surface area contributed by atoms with E-state index in [1.807, 2.05) is 0 Å². The standard InChI is InChI=1S/C36H46ClN7O7/c37-28-9-7-24(8-10-28)20-30-36(50)41-22-26-5-2-1-4-25(26)21-32(46)42-29(35(49)40-16-19-51-18-14-38)13-15-39-31(45)11-12-33(47)44-17-3-6-27(23-44)34(48)43-30/h1-2,4-5,7-12,27,29-30H,3,6,13-23,38H2,(H,39,45)(H,40,49)(H,41,50)(H,42,46)(H,43,48)/b12-11+/t27-,29+,30+/m1/s1. The smallest absolute Gasteiger partial charge is 0.246 e. The molecule has 2 aromatic rings. The lowest BCUT2D eigenvalue weighted by molar-refractivity contribution is -0.135. The molecule has 0 aromatic heterocycles. The molecule has 7 N–H and O–H groups in total. The second-order valence-corrected chi connectivity index (χ2v) is 12.8. The van der Waals surface area contributed by atoms with Gasteiger partial charge in [-0.25, -0.2) is 0 Å². The Morgan fingerprint density at radius 3 is 2.45 bits per heavy atom. The lowest BCUT2D eigenvalue weighted by Crippen LogP contribution is -2.52. The minimum Gasteiger partial charge on any atom is -0.378 e. The number of amides is 6. The van der Waals surface area contributed by atoms with E-state index < -0.39 is 47.5 Å². The number of hydrogen-bond acceptors (Lipinski definition) is 8. The summed E-state index contributed by atoms with van der Waals surface area (Å²) in [6, 6.07) is 12.2. The average Bonchev–Trinajstić information content (AvgIpc) is 3.13. The summed E-state index contributed by atoms with van der Waals surface area (Å²) >= 11 is 6.07. The van der Waals surface area contributed by atoms with E-state index in [2.05, 4.69) is 26.6 Å². The molecule has 15 heteroatoms. The molecule has 2 aliphatic heterocycles. The van der Waals surface area contributed by atoms with E-state index in [0.29, 0.717) is 48.7 Å². The van der Waals surface area contributed by atoms with Crippen LogP contribution in [0.2, 0.25) is 5.02 Å². The third-order valence-electron chi connectivity index (χ3n) is 8.58. The normalized spacial score (nSPS) is 21.8. The maximum absolute atomic E-state index is 13.7. The van der Waals surface area contributed by atoms with Crippen molar-refractivity contribution in [3.8, 4) is 0 Å². The minimum atomic E-state index is -0.981. The topological polar surface area (TPSA) is 201 Å². The molecule has 274 valence electrons. The van der Waals surface area contributed by atoms with Gasteiger partial charge in [0.05, 0.1) is 25.6 Å². The van der Waals surface area contributed by atoms with Crippen LogP contribution in [0.1, 0.15) is 36.0 Å². The van der Waals surface area contributed by atoms with Gasteiger partial charge in [-0.15, -0.1) is 0 Å². The van der Waals surface area contributed by atoms with Crippen molar-refractivity contribution in [1.82, 2.24) is 31.5 Å². The molecule has 4 rings (SSSR count). The first-order valence-corrected chi connectivity index (χ1v) is 17.5. The van der Waals surface area contributed by atoms with Crippen LogP contribution in [-0.4, -0.2) is 98.4 Å². The summed E-state index contributed by atoms with van der Waals surface area (Å²) in [5, 5.41) is 14.5. The van der Waals surface area contributed by atoms with Crippen LogP contribution in [0.5, 0.6) is 0 Å². The van der Waals surface area contributed by atoms with E-state index in [-0.39, 0.29) is 58.0 Å². The van der Waals surface area contributed by atoms with E-state index in [9.17, 15) is 28.8 Å². The van der Waals surface area contributed by atoms with Crippen molar-refractivity contribution in [2.45, 2.75) is 50.7 Å². The summed E-state index contributed by atoms with van der Waals surface area (Å²) in [5.74, 6) is -3.22. The number of nitrogens with zero attached hydrogens (tertiary/aromatic N) is 1. The van der Waals surface area contributed by atoms with Crippen LogP contribution in [0.4, 0.5) is 0 Å². The van der Waals surface area contributed by atoms with Gasteiger partial charge in [0.25, 0.3) is 0 Å². The highest BCUT2D eigenvalue weighted by Gasteiger charge is 2.31. The van der Waals surface area contributed by atoms with Crippen LogP contribution >= 0.6 is 11.6 Å². The maximum atomic E-state index is 13.7.